The van der Waals surface area contributed by atoms with E-state index in [4.69, 9.17) is 0 Å². The van der Waals surface area contributed by atoms with Crippen LogP contribution >= 0.6 is 0 Å². The highest BCUT2D eigenvalue weighted by molar-refractivity contribution is 7.86. The minimum Gasteiger partial charge on any atom is -0.315 e. The molecular formula is C12H25N3O2S. The van der Waals surface area contributed by atoms with Gasteiger partial charge in [0.25, 0.3) is 10.2 Å². The molecule has 2 atom stereocenters. The van der Waals surface area contributed by atoms with Gasteiger partial charge in [-0.05, 0) is 31.7 Å². The number of hydrogen-bond donors (Lipinski definition) is 1. The van der Waals surface area contributed by atoms with Gasteiger partial charge in [0.15, 0.2) is 0 Å². The highest BCUT2D eigenvalue weighted by Gasteiger charge is 2.44. The lowest BCUT2D eigenvalue weighted by Crippen LogP contribution is -2.48. The molecular weight excluding hydrogens is 250 g/mol. The molecule has 5 nitrogen and oxygen atoms in total. The molecule has 2 saturated heterocycles. The summed E-state index contributed by atoms with van der Waals surface area (Å²) in [6, 6.07) is 0.186. The van der Waals surface area contributed by atoms with E-state index >= 15 is 0 Å². The van der Waals surface area contributed by atoms with Gasteiger partial charge in [0, 0.05) is 32.2 Å². The second kappa shape index (κ2) is 5.86. The molecule has 0 bridgehead atoms. The average molecular weight is 275 g/mol. The Morgan fingerprint density at radius 3 is 2.50 bits per heavy atom. The lowest BCUT2D eigenvalue weighted by atomic mass is 10.1. The van der Waals surface area contributed by atoms with Crippen LogP contribution in [0, 0.1) is 5.92 Å². The predicted octanol–water partition coefficient (Wildman–Crippen LogP) is 0.647. The van der Waals surface area contributed by atoms with Gasteiger partial charge >= 0.3 is 0 Å². The molecule has 2 heterocycles. The smallest absolute Gasteiger partial charge is 0.282 e. The Balaban J connectivity index is 2.13. The van der Waals surface area contributed by atoms with Gasteiger partial charge in [0.2, 0.25) is 0 Å². The van der Waals surface area contributed by atoms with Crippen molar-refractivity contribution in [3.63, 3.8) is 0 Å². The first-order chi connectivity index (χ1) is 8.61. The van der Waals surface area contributed by atoms with Crippen LogP contribution in [0.4, 0.5) is 0 Å². The van der Waals surface area contributed by atoms with Crippen LogP contribution in [-0.2, 0) is 10.2 Å². The van der Waals surface area contributed by atoms with Crippen molar-refractivity contribution in [1.82, 2.24) is 13.9 Å². The summed E-state index contributed by atoms with van der Waals surface area (Å²) in [7, 11) is -3.25. The predicted molar refractivity (Wildman–Crippen MR) is 72.5 cm³/mol. The monoisotopic (exact) mass is 275 g/mol. The van der Waals surface area contributed by atoms with E-state index in [1.54, 1.807) is 8.61 Å². The fourth-order valence-electron chi connectivity index (χ4n) is 3.09. The number of fused-ring (bicyclic) bond motifs is 1. The zero-order valence-electron chi connectivity index (χ0n) is 11.4. The summed E-state index contributed by atoms with van der Waals surface area (Å²) in [5.74, 6) is 0.518. The van der Waals surface area contributed by atoms with E-state index < -0.39 is 10.2 Å². The molecule has 2 rings (SSSR count). The fourth-order valence-corrected chi connectivity index (χ4v) is 5.13. The van der Waals surface area contributed by atoms with Gasteiger partial charge in [-0.15, -0.1) is 0 Å². The normalized spacial score (nSPS) is 29.1. The molecule has 0 aromatic heterocycles. The third-order valence-corrected chi connectivity index (χ3v) is 6.03. The maximum Gasteiger partial charge on any atom is 0.282 e. The zero-order valence-corrected chi connectivity index (χ0v) is 12.2. The molecule has 0 unspecified atom stereocenters. The van der Waals surface area contributed by atoms with Crippen molar-refractivity contribution < 1.29 is 8.42 Å². The molecule has 1 N–H and O–H groups in total. The van der Waals surface area contributed by atoms with Crippen LogP contribution in [0.3, 0.4) is 0 Å². The van der Waals surface area contributed by atoms with Crippen LogP contribution in [0.25, 0.3) is 0 Å². The Morgan fingerprint density at radius 1 is 1.22 bits per heavy atom. The van der Waals surface area contributed by atoms with E-state index in [0.29, 0.717) is 25.6 Å². The van der Waals surface area contributed by atoms with Crippen LogP contribution in [0.2, 0.25) is 0 Å². The third kappa shape index (κ3) is 2.57. The maximum atomic E-state index is 12.7. The Bertz CT molecular complexity index is 366. The molecule has 0 aromatic carbocycles. The third-order valence-electron chi connectivity index (χ3n) is 3.96. The van der Waals surface area contributed by atoms with Gasteiger partial charge in [0.1, 0.15) is 0 Å². The molecule has 6 heteroatoms. The maximum absolute atomic E-state index is 12.7. The van der Waals surface area contributed by atoms with Gasteiger partial charge in [0.05, 0.1) is 0 Å². The van der Waals surface area contributed by atoms with Crippen LogP contribution in [-0.4, -0.2) is 55.8 Å². The fraction of sp³-hybridized carbons (Fsp3) is 1.00. The molecule has 2 fully saturated rings. The van der Waals surface area contributed by atoms with Crippen LogP contribution < -0.4 is 5.32 Å². The number of hydrogen-bond acceptors (Lipinski definition) is 3. The van der Waals surface area contributed by atoms with Crippen molar-refractivity contribution in [3.05, 3.63) is 0 Å². The largest absolute Gasteiger partial charge is 0.315 e. The highest BCUT2D eigenvalue weighted by atomic mass is 32.2. The van der Waals surface area contributed by atoms with Crippen LogP contribution in [0.1, 0.15) is 33.1 Å². The van der Waals surface area contributed by atoms with E-state index in [9.17, 15) is 8.42 Å². The summed E-state index contributed by atoms with van der Waals surface area (Å²) >= 11 is 0. The first-order valence-corrected chi connectivity index (χ1v) is 8.48. The minimum absolute atomic E-state index is 0.186. The Morgan fingerprint density at radius 2 is 1.89 bits per heavy atom. The van der Waals surface area contributed by atoms with E-state index in [0.717, 1.165) is 32.4 Å². The van der Waals surface area contributed by atoms with Gasteiger partial charge in [-0.3, -0.25) is 0 Å². The molecule has 0 spiro atoms. The standard InChI is InChI=1S/C12H25N3O2S/c1-3-6-14(7-4-2)18(16,17)15-8-5-11-9-13-10-12(11)15/h11-13H,3-10H2,1-2H3/t11-,12+/m1/s1. The first-order valence-electron chi connectivity index (χ1n) is 7.08. The summed E-state index contributed by atoms with van der Waals surface area (Å²) in [6.45, 7) is 7.82. The van der Waals surface area contributed by atoms with Gasteiger partial charge in [-0.25, -0.2) is 0 Å². The molecule has 106 valence electrons. The van der Waals surface area contributed by atoms with Crippen molar-refractivity contribution in [2.24, 2.45) is 5.92 Å². The van der Waals surface area contributed by atoms with Gasteiger partial charge in [-0.2, -0.15) is 17.0 Å². The minimum atomic E-state index is -3.25. The molecule has 2 aliphatic rings. The first kappa shape index (κ1) is 14.2. The summed E-state index contributed by atoms with van der Waals surface area (Å²) < 4.78 is 28.8. The van der Waals surface area contributed by atoms with Gasteiger partial charge in [-0.1, -0.05) is 13.8 Å². The summed E-state index contributed by atoms with van der Waals surface area (Å²) in [4.78, 5) is 0. The molecule has 0 aromatic rings. The molecule has 0 aliphatic carbocycles. The molecule has 18 heavy (non-hydrogen) atoms. The number of nitrogens with one attached hydrogen (secondary N) is 1. The number of rotatable bonds is 6. The quantitative estimate of drug-likeness (QED) is 0.774. The molecule has 2 aliphatic heterocycles. The van der Waals surface area contributed by atoms with E-state index in [2.05, 4.69) is 5.32 Å². The Labute approximate surface area is 111 Å². The van der Waals surface area contributed by atoms with Crippen molar-refractivity contribution >= 4 is 10.2 Å². The summed E-state index contributed by atoms with van der Waals surface area (Å²) in [5.41, 5.74) is 0. The molecule has 0 saturated carbocycles. The van der Waals surface area contributed by atoms with E-state index in [1.807, 2.05) is 13.8 Å². The molecule has 0 radical (unpaired) electrons. The topological polar surface area (TPSA) is 52.7 Å². The number of nitrogens with zero attached hydrogens (tertiary/aromatic N) is 2. The van der Waals surface area contributed by atoms with Crippen molar-refractivity contribution in [2.45, 2.75) is 39.2 Å². The second-order valence-corrected chi connectivity index (χ2v) is 7.17. The molecule has 0 amide bonds. The van der Waals surface area contributed by atoms with Gasteiger partial charge < -0.3 is 5.32 Å². The van der Waals surface area contributed by atoms with Crippen molar-refractivity contribution in [2.75, 3.05) is 32.7 Å². The highest BCUT2D eigenvalue weighted by Crippen LogP contribution is 2.30. The second-order valence-electron chi connectivity index (χ2n) is 5.29. The summed E-state index contributed by atoms with van der Waals surface area (Å²) in [6.07, 6.45) is 2.75. The van der Waals surface area contributed by atoms with Crippen LogP contribution in [0.15, 0.2) is 0 Å². The SMILES string of the molecule is CCCN(CCC)S(=O)(=O)N1CC[C@@H]2CNC[C@@H]21. The van der Waals surface area contributed by atoms with E-state index in [1.165, 1.54) is 0 Å². The van der Waals surface area contributed by atoms with Crippen molar-refractivity contribution in [3.8, 4) is 0 Å². The lowest BCUT2D eigenvalue weighted by Gasteiger charge is -2.30. The zero-order chi connectivity index (χ0) is 13.2. The van der Waals surface area contributed by atoms with Crippen molar-refractivity contribution in [1.29, 1.82) is 0 Å². The average Bonchev–Trinajstić information content (AvgIpc) is 2.89. The Hall–Kier alpha value is -0.170. The Kier molecular flexibility index (Phi) is 4.64. The lowest BCUT2D eigenvalue weighted by molar-refractivity contribution is 0.321. The van der Waals surface area contributed by atoms with Crippen LogP contribution in [0.5, 0.6) is 0 Å². The van der Waals surface area contributed by atoms with E-state index in [-0.39, 0.29) is 6.04 Å². The summed E-state index contributed by atoms with van der Waals surface area (Å²) in [5, 5.41) is 3.30.